The van der Waals surface area contributed by atoms with Crippen LogP contribution < -0.4 is 11.1 Å². The molecule has 0 aromatic carbocycles. The number of hydrogen-bond acceptors (Lipinski definition) is 5. The van der Waals surface area contributed by atoms with E-state index in [0.717, 1.165) is 32.5 Å². The van der Waals surface area contributed by atoms with E-state index in [4.69, 9.17) is 15.2 Å². The number of carbonyl (C=O) groups excluding carboxylic acids is 1. The van der Waals surface area contributed by atoms with E-state index >= 15 is 0 Å². The Morgan fingerprint density at radius 1 is 1.38 bits per heavy atom. The zero-order valence-corrected chi connectivity index (χ0v) is 16.8. The SMILES string of the molecule is COCCN(C)CCNC(=O)C1(N)C2CCCOC2C1(C)C.Cl.Cl. The van der Waals surface area contributed by atoms with Gasteiger partial charge in [0.05, 0.1) is 12.7 Å². The summed E-state index contributed by atoms with van der Waals surface area (Å²) in [5.74, 6) is 0.104. The lowest BCUT2D eigenvalue weighted by molar-refractivity contribution is -0.225. The molecule has 6 nitrogen and oxygen atoms in total. The van der Waals surface area contributed by atoms with Crippen molar-refractivity contribution in [2.24, 2.45) is 17.1 Å². The van der Waals surface area contributed by atoms with Crippen LogP contribution in [-0.2, 0) is 14.3 Å². The molecule has 3 unspecified atom stereocenters. The topological polar surface area (TPSA) is 76.8 Å². The number of nitrogens with one attached hydrogen (secondary N) is 1. The normalized spacial score (nSPS) is 30.4. The summed E-state index contributed by atoms with van der Waals surface area (Å²) in [5, 5.41) is 3.02. The molecular formula is C16H33Cl2N3O3. The molecule has 3 atom stereocenters. The molecule has 1 aliphatic heterocycles. The van der Waals surface area contributed by atoms with Gasteiger partial charge in [0.25, 0.3) is 0 Å². The lowest BCUT2D eigenvalue weighted by atomic mass is 9.46. The van der Waals surface area contributed by atoms with Gasteiger partial charge < -0.3 is 25.4 Å². The Kier molecular flexibility index (Phi) is 9.51. The van der Waals surface area contributed by atoms with Crippen LogP contribution in [0.5, 0.6) is 0 Å². The zero-order chi connectivity index (χ0) is 16.4. The van der Waals surface area contributed by atoms with Crippen LogP contribution in [0.3, 0.4) is 0 Å². The highest BCUT2D eigenvalue weighted by Crippen LogP contribution is 2.57. The number of methoxy groups -OCH3 is 1. The summed E-state index contributed by atoms with van der Waals surface area (Å²) in [6, 6.07) is 0. The predicted octanol–water partition coefficient (Wildman–Crippen LogP) is 1.06. The van der Waals surface area contributed by atoms with Crippen LogP contribution in [0.1, 0.15) is 26.7 Å². The fourth-order valence-electron chi connectivity index (χ4n) is 3.90. The van der Waals surface area contributed by atoms with Gasteiger partial charge in [0, 0.05) is 44.7 Å². The first-order chi connectivity index (χ1) is 10.4. The van der Waals surface area contributed by atoms with Gasteiger partial charge in [-0.25, -0.2) is 0 Å². The maximum absolute atomic E-state index is 12.7. The molecule has 2 rings (SSSR count). The summed E-state index contributed by atoms with van der Waals surface area (Å²) in [6.07, 6.45) is 2.08. The summed E-state index contributed by atoms with van der Waals surface area (Å²) in [6.45, 7) is 7.81. The summed E-state index contributed by atoms with van der Waals surface area (Å²) in [7, 11) is 3.71. The molecule has 1 heterocycles. The van der Waals surface area contributed by atoms with Crippen molar-refractivity contribution in [2.45, 2.75) is 38.3 Å². The number of ether oxygens (including phenoxy) is 2. The maximum atomic E-state index is 12.7. The molecule has 144 valence electrons. The maximum Gasteiger partial charge on any atom is 0.241 e. The fourth-order valence-corrected chi connectivity index (χ4v) is 3.90. The van der Waals surface area contributed by atoms with Gasteiger partial charge >= 0.3 is 0 Å². The molecule has 0 radical (unpaired) electrons. The molecule has 0 bridgehead atoms. The number of likely N-dealkylation sites (N-methyl/N-ethyl adjacent to an activating group) is 1. The van der Waals surface area contributed by atoms with Gasteiger partial charge in [-0.1, -0.05) is 13.8 Å². The van der Waals surface area contributed by atoms with Crippen molar-refractivity contribution in [3.05, 3.63) is 0 Å². The third kappa shape index (κ3) is 4.17. The van der Waals surface area contributed by atoms with Crippen molar-refractivity contribution in [2.75, 3.05) is 47.0 Å². The largest absolute Gasteiger partial charge is 0.383 e. The minimum Gasteiger partial charge on any atom is -0.383 e. The lowest BCUT2D eigenvalue weighted by Crippen LogP contribution is -2.82. The van der Waals surface area contributed by atoms with E-state index < -0.39 is 5.54 Å². The molecule has 1 saturated carbocycles. The van der Waals surface area contributed by atoms with Crippen molar-refractivity contribution < 1.29 is 14.3 Å². The summed E-state index contributed by atoms with van der Waals surface area (Å²) in [4.78, 5) is 14.8. The third-order valence-corrected chi connectivity index (χ3v) is 5.52. The van der Waals surface area contributed by atoms with Crippen LogP contribution in [-0.4, -0.2) is 69.5 Å². The Balaban J connectivity index is 0.00000264. The minimum atomic E-state index is -0.816. The molecule has 24 heavy (non-hydrogen) atoms. The van der Waals surface area contributed by atoms with E-state index in [9.17, 15) is 4.79 Å². The van der Waals surface area contributed by atoms with E-state index in [0.29, 0.717) is 13.2 Å². The molecule has 8 heteroatoms. The highest BCUT2D eigenvalue weighted by Gasteiger charge is 2.70. The smallest absolute Gasteiger partial charge is 0.241 e. The lowest BCUT2D eigenvalue weighted by Gasteiger charge is -2.65. The first kappa shape index (κ1) is 23.9. The molecule has 0 aromatic rings. The van der Waals surface area contributed by atoms with Gasteiger partial charge in [-0.05, 0) is 19.9 Å². The number of amides is 1. The Labute approximate surface area is 158 Å². The second-order valence-electron chi connectivity index (χ2n) is 7.18. The van der Waals surface area contributed by atoms with Gasteiger partial charge in [-0.2, -0.15) is 0 Å². The molecule has 0 aromatic heterocycles. The van der Waals surface area contributed by atoms with Gasteiger partial charge in [0.1, 0.15) is 5.54 Å². The van der Waals surface area contributed by atoms with E-state index in [1.54, 1.807) is 7.11 Å². The fraction of sp³-hybridized carbons (Fsp3) is 0.938. The first-order valence-electron chi connectivity index (χ1n) is 8.22. The first-order valence-corrected chi connectivity index (χ1v) is 8.22. The third-order valence-electron chi connectivity index (χ3n) is 5.52. The second-order valence-corrected chi connectivity index (χ2v) is 7.18. The highest BCUT2D eigenvalue weighted by molar-refractivity contribution is 5.89. The molecule has 0 spiro atoms. The van der Waals surface area contributed by atoms with Crippen LogP contribution in [0.15, 0.2) is 0 Å². The van der Waals surface area contributed by atoms with E-state index in [1.165, 1.54) is 0 Å². The van der Waals surface area contributed by atoms with Crippen molar-refractivity contribution in [3.63, 3.8) is 0 Å². The van der Waals surface area contributed by atoms with Crippen LogP contribution in [0.4, 0.5) is 0 Å². The monoisotopic (exact) mass is 385 g/mol. The number of rotatable bonds is 7. The Morgan fingerprint density at radius 3 is 2.67 bits per heavy atom. The van der Waals surface area contributed by atoms with E-state index in [1.807, 2.05) is 20.9 Å². The van der Waals surface area contributed by atoms with Crippen LogP contribution in [0.2, 0.25) is 0 Å². The Bertz CT molecular complexity index is 412. The number of carbonyl (C=O) groups is 1. The standard InChI is InChI=1S/C16H31N3O3.2ClH/c1-15(2)13-12(6-5-10-22-13)16(15,17)14(20)18-7-8-19(3)9-11-21-4;;/h12-13H,5-11,17H2,1-4H3,(H,18,20);2*1H. The molecular weight excluding hydrogens is 353 g/mol. The zero-order valence-electron chi connectivity index (χ0n) is 15.2. The predicted molar refractivity (Wildman–Crippen MR) is 100 cm³/mol. The molecule has 1 amide bonds. The Morgan fingerprint density at radius 2 is 2.04 bits per heavy atom. The quantitative estimate of drug-likeness (QED) is 0.684. The second kappa shape index (κ2) is 9.55. The number of hydrogen-bond donors (Lipinski definition) is 2. The molecule has 1 saturated heterocycles. The molecule has 2 fully saturated rings. The molecule has 3 N–H and O–H groups in total. The van der Waals surface area contributed by atoms with Crippen LogP contribution >= 0.6 is 24.8 Å². The summed E-state index contributed by atoms with van der Waals surface area (Å²) in [5.41, 5.74) is 5.42. The van der Waals surface area contributed by atoms with Crippen LogP contribution in [0.25, 0.3) is 0 Å². The average Bonchev–Trinajstić information content (AvgIpc) is 2.51. The number of halogens is 2. The van der Waals surface area contributed by atoms with Crippen LogP contribution in [0, 0.1) is 11.3 Å². The highest BCUT2D eigenvalue weighted by atomic mass is 35.5. The van der Waals surface area contributed by atoms with E-state index in [-0.39, 0.29) is 48.2 Å². The number of nitrogens with zero attached hydrogens (tertiary/aromatic N) is 1. The summed E-state index contributed by atoms with van der Waals surface area (Å²) >= 11 is 0. The van der Waals surface area contributed by atoms with Crippen molar-refractivity contribution in [1.29, 1.82) is 0 Å². The number of nitrogens with two attached hydrogens (primary N) is 1. The minimum absolute atomic E-state index is 0. The number of fused-ring (bicyclic) bond motifs is 1. The van der Waals surface area contributed by atoms with E-state index in [2.05, 4.69) is 10.2 Å². The van der Waals surface area contributed by atoms with Crippen molar-refractivity contribution in [3.8, 4) is 0 Å². The molecule has 2 aliphatic rings. The van der Waals surface area contributed by atoms with Gasteiger partial charge in [0.2, 0.25) is 5.91 Å². The van der Waals surface area contributed by atoms with Gasteiger partial charge in [-0.3, -0.25) is 4.79 Å². The van der Waals surface area contributed by atoms with Gasteiger partial charge in [-0.15, -0.1) is 24.8 Å². The average molecular weight is 386 g/mol. The van der Waals surface area contributed by atoms with Crippen molar-refractivity contribution in [1.82, 2.24) is 10.2 Å². The Hall–Kier alpha value is -0.110. The van der Waals surface area contributed by atoms with Gasteiger partial charge in [0.15, 0.2) is 0 Å². The van der Waals surface area contributed by atoms with Crippen molar-refractivity contribution >= 4 is 30.7 Å². The summed E-state index contributed by atoms with van der Waals surface area (Å²) < 4.78 is 10.9. The molecule has 1 aliphatic carbocycles.